The minimum Gasteiger partial charge on any atom is -0.317 e. The van der Waals surface area contributed by atoms with E-state index in [9.17, 15) is 0 Å². The van der Waals surface area contributed by atoms with E-state index in [2.05, 4.69) is 36.3 Å². The van der Waals surface area contributed by atoms with Crippen molar-refractivity contribution in [2.75, 3.05) is 20.1 Å². The summed E-state index contributed by atoms with van der Waals surface area (Å²) in [5, 5.41) is 4.18. The summed E-state index contributed by atoms with van der Waals surface area (Å²) >= 11 is 5.92. The fraction of sp³-hybridized carbons (Fsp3) is 0.571. The second kappa shape index (κ2) is 5.85. The van der Waals surface area contributed by atoms with Gasteiger partial charge < -0.3 is 5.32 Å². The molecule has 3 heteroatoms. The Morgan fingerprint density at radius 3 is 2.35 bits per heavy atom. The van der Waals surface area contributed by atoms with Crippen molar-refractivity contribution in [2.24, 2.45) is 0 Å². The first-order valence-corrected chi connectivity index (χ1v) is 6.75. The highest BCUT2D eigenvalue weighted by molar-refractivity contribution is 6.30. The number of rotatable bonds is 3. The molecule has 0 aliphatic carbocycles. The van der Waals surface area contributed by atoms with Crippen LogP contribution in [0.1, 0.15) is 31.4 Å². The highest BCUT2D eigenvalue weighted by atomic mass is 35.5. The monoisotopic (exact) mass is 252 g/mol. The van der Waals surface area contributed by atoms with Crippen LogP contribution in [0.4, 0.5) is 0 Å². The van der Waals surface area contributed by atoms with Crippen LogP contribution in [-0.4, -0.2) is 31.1 Å². The normalized spacial score (nSPS) is 20.4. The molecule has 0 bridgehead atoms. The van der Waals surface area contributed by atoms with E-state index in [1.54, 1.807) is 0 Å². The summed E-state index contributed by atoms with van der Waals surface area (Å²) < 4.78 is 0. The molecule has 1 unspecified atom stereocenters. The number of hydrogen-bond donors (Lipinski definition) is 1. The van der Waals surface area contributed by atoms with Gasteiger partial charge in [0.05, 0.1) is 0 Å². The van der Waals surface area contributed by atoms with Gasteiger partial charge in [-0.2, -0.15) is 0 Å². The molecule has 0 spiro atoms. The zero-order chi connectivity index (χ0) is 12.3. The predicted octanol–water partition coefficient (Wildman–Crippen LogP) is 3.08. The lowest BCUT2D eigenvalue weighted by Crippen LogP contribution is -2.42. The molecule has 1 N–H and O–H groups in total. The molecule has 17 heavy (non-hydrogen) atoms. The maximum atomic E-state index is 5.92. The van der Waals surface area contributed by atoms with Gasteiger partial charge in [-0.05, 0) is 44.5 Å². The maximum absolute atomic E-state index is 5.92. The van der Waals surface area contributed by atoms with E-state index in [1.807, 2.05) is 12.1 Å². The molecule has 94 valence electrons. The largest absolute Gasteiger partial charge is 0.317 e. The number of piperidine rings is 1. The minimum atomic E-state index is 0.491. The number of likely N-dealkylation sites (tertiary alicyclic amines) is 1. The van der Waals surface area contributed by atoms with E-state index in [4.69, 9.17) is 11.6 Å². The number of nitrogens with zero attached hydrogens (tertiary/aromatic N) is 1. The summed E-state index contributed by atoms with van der Waals surface area (Å²) in [5.74, 6) is 0. The number of halogens is 1. The van der Waals surface area contributed by atoms with Crippen molar-refractivity contribution in [1.29, 1.82) is 0 Å². The zero-order valence-corrected chi connectivity index (χ0v) is 11.4. The molecule has 1 heterocycles. The van der Waals surface area contributed by atoms with Crippen molar-refractivity contribution in [3.63, 3.8) is 0 Å². The van der Waals surface area contributed by atoms with Crippen LogP contribution < -0.4 is 5.32 Å². The third-order valence-corrected chi connectivity index (χ3v) is 4.09. The average molecular weight is 253 g/mol. The van der Waals surface area contributed by atoms with Crippen LogP contribution in [-0.2, 0) is 0 Å². The molecule has 1 aliphatic heterocycles. The molecule has 0 saturated carbocycles. The van der Waals surface area contributed by atoms with E-state index in [1.165, 1.54) is 31.5 Å². The lowest BCUT2D eigenvalue weighted by molar-refractivity contribution is 0.155. The number of hydrogen-bond acceptors (Lipinski definition) is 2. The van der Waals surface area contributed by atoms with E-state index < -0.39 is 0 Å². The molecule has 0 aromatic heterocycles. The molecule has 0 amide bonds. The van der Waals surface area contributed by atoms with Gasteiger partial charge in [0.15, 0.2) is 0 Å². The first kappa shape index (κ1) is 12.9. The van der Waals surface area contributed by atoms with Gasteiger partial charge in [-0.1, -0.05) is 23.7 Å². The third kappa shape index (κ3) is 3.21. The third-order valence-electron chi connectivity index (χ3n) is 3.84. The Kier molecular flexibility index (Phi) is 4.43. The van der Waals surface area contributed by atoms with Crippen molar-refractivity contribution >= 4 is 11.6 Å². The molecule has 1 aliphatic rings. The molecule has 2 nitrogen and oxygen atoms in total. The summed E-state index contributed by atoms with van der Waals surface area (Å²) in [6, 6.07) is 9.42. The van der Waals surface area contributed by atoms with Gasteiger partial charge in [-0.25, -0.2) is 0 Å². The van der Waals surface area contributed by atoms with Crippen molar-refractivity contribution in [2.45, 2.75) is 31.8 Å². The Morgan fingerprint density at radius 2 is 1.82 bits per heavy atom. The van der Waals surface area contributed by atoms with Crippen LogP contribution in [0.3, 0.4) is 0 Å². The van der Waals surface area contributed by atoms with E-state index in [0.29, 0.717) is 12.1 Å². The Bertz CT molecular complexity index is 342. The second-order valence-electron chi connectivity index (χ2n) is 4.83. The van der Waals surface area contributed by atoms with Crippen molar-refractivity contribution in [1.82, 2.24) is 10.2 Å². The Morgan fingerprint density at radius 1 is 1.24 bits per heavy atom. The van der Waals surface area contributed by atoms with Crippen LogP contribution in [0, 0.1) is 0 Å². The average Bonchev–Trinajstić information content (AvgIpc) is 2.39. The van der Waals surface area contributed by atoms with Gasteiger partial charge in [-0.15, -0.1) is 0 Å². The molecule has 1 atom stereocenters. The maximum Gasteiger partial charge on any atom is 0.0406 e. The van der Waals surface area contributed by atoms with Crippen molar-refractivity contribution in [3.05, 3.63) is 34.9 Å². The van der Waals surface area contributed by atoms with Crippen molar-refractivity contribution in [3.8, 4) is 0 Å². The summed E-state index contributed by atoms with van der Waals surface area (Å²) in [7, 11) is 2.06. The summed E-state index contributed by atoms with van der Waals surface area (Å²) in [6.45, 7) is 4.63. The van der Waals surface area contributed by atoms with E-state index >= 15 is 0 Å². The van der Waals surface area contributed by atoms with Gasteiger partial charge in [0.25, 0.3) is 0 Å². The smallest absolute Gasteiger partial charge is 0.0406 e. The number of benzene rings is 1. The SMILES string of the molecule is CNC1CCN(C(C)c2ccc(Cl)cc2)CC1. The van der Waals surface area contributed by atoms with Crippen LogP contribution in [0.15, 0.2) is 24.3 Å². The minimum absolute atomic E-state index is 0.491. The molecule has 2 rings (SSSR count). The first-order valence-electron chi connectivity index (χ1n) is 6.37. The molecular weight excluding hydrogens is 232 g/mol. The molecule has 1 fully saturated rings. The standard InChI is InChI=1S/C14H21ClN2/c1-11(12-3-5-13(15)6-4-12)17-9-7-14(16-2)8-10-17/h3-6,11,14,16H,7-10H2,1-2H3. The molecular formula is C14H21ClN2. The topological polar surface area (TPSA) is 15.3 Å². The molecule has 0 radical (unpaired) electrons. The van der Waals surface area contributed by atoms with Gasteiger partial charge in [-0.3, -0.25) is 4.90 Å². The Hall–Kier alpha value is -0.570. The van der Waals surface area contributed by atoms with Gasteiger partial charge in [0, 0.05) is 30.2 Å². The fourth-order valence-electron chi connectivity index (χ4n) is 2.53. The first-order chi connectivity index (χ1) is 8.20. The lowest BCUT2D eigenvalue weighted by atomic mass is 10.0. The Labute approximate surface area is 109 Å². The molecule has 1 saturated heterocycles. The van der Waals surface area contributed by atoms with Crippen molar-refractivity contribution < 1.29 is 0 Å². The highest BCUT2D eigenvalue weighted by Gasteiger charge is 2.22. The summed E-state index contributed by atoms with van der Waals surface area (Å²) in [4.78, 5) is 2.55. The van der Waals surface area contributed by atoms with E-state index in [0.717, 1.165) is 5.02 Å². The fourth-order valence-corrected chi connectivity index (χ4v) is 2.65. The molecule has 1 aromatic rings. The second-order valence-corrected chi connectivity index (χ2v) is 5.26. The summed E-state index contributed by atoms with van der Waals surface area (Å²) in [5.41, 5.74) is 1.36. The Balaban J connectivity index is 1.96. The zero-order valence-electron chi connectivity index (χ0n) is 10.6. The van der Waals surface area contributed by atoms with E-state index in [-0.39, 0.29) is 0 Å². The van der Waals surface area contributed by atoms with Gasteiger partial charge in [0.2, 0.25) is 0 Å². The quantitative estimate of drug-likeness (QED) is 0.890. The van der Waals surface area contributed by atoms with Crippen LogP contribution in [0.25, 0.3) is 0 Å². The predicted molar refractivity (Wildman–Crippen MR) is 73.5 cm³/mol. The van der Waals surface area contributed by atoms with Crippen LogP contribution in [0.5, 0.6) is 0 Å². The summed E-state index contributed by atoms with van der Waals surface area (Å²) in [6.07, 6.45) is 2.49. The molecule has 1 aromatic carbocycles. The van der Waals surface area contributed by atoms with Gasteiger partial charge in [0.1, 0.15) is 0 Å². The van der Waals surface area contributed by atoms with Gasteiger partial charge >= 0.3 is 0 Å². The van der Waals surface area contributed by atoms with Crippen LogP contribution in [0.2, 0.25) is 5.02 Å². The van der Waals surface area contributed by atoms with Crippen LogP contribution >= 0.6 is 11.6 Å². The lowest BCUT2D eigenvalue weighted by Gasteiger charge is -2.36. The number of nitrogens with one attached hydrogen (secondary N) is 1. The highest BCUT2D eigenvalue weighted by Crippen LogP contribution is 2.25.